The van der Waals surface area contributed by atoms with Crippen LogP contribution in [0.1, 0.15) is 56.3 Å². The normalized spacial score (nSPS) is 26.9. The molecule has 2 amide bonds. The van der Waals surface area contributed by atoms with Gasteiger partial charge in [0, 0.05) is 50.0 Å². The van der Waals surface area contributed by atoms with Crippen molar-refractivity contribution >= 4 is 23.3 Å². The molecule has 4 aliphatic rings. The van der Waals surface area contributed by atoms with Crippen molar-refractivity contribution in [2.45, 2.75) is 70.2 Å². The number of amides is 2. The number of carbonyl (C=O) groups excluding carboxylic acids is 3. The van der Waals surface area contributed by atoms with Gasteiger partial charge in [-0.2, -0.15) is 0 Å². The highest BCUT2D eigenvalue weighted by molar-refractivity contribution is 5.99. The number of carbonyl (C=O) groups is 3. The third kappa shape index (κ3) is 4.83. The fraction of sp³-hybridized carbons (Fsp3) is 0.667. The zero-order chi connectivity index (χ0) is 24.5. The number of hydrogen-bond donors (Lipinski definition) is 1. The molecule has 0 radical (unpaired) electrons. The lowest BCUT2D eigenvalue weighted by Crippen LogP contribution is -2.54. The van der Waals surface area contributed by atoms with Crippen LogP contribution in [0.25, 0.3) is 0 Å². The van der Waals surface area contributed by atoms with Gasteiger partial charge in [-0.05, 0) is 49.4 Å². The van der Waals surface area contributed by atoms with E-state index in [1.807, 2.05) is 38.1 Å². The molecule has 3 aliphatic heterocycles. The standard InChI is InChI=1S/C27H38N4O4/c1-3-18(2)24(27(34)31-12-11-23-25(31)22(32)17-35-23)28-26(33)19-7-9-21(10-8-19)30-15-13-29(14-16-30)20-5-4-6-20/h7-10,18,20,23-25H,3-6,11-17H2,1-2H3,(H,28,33)/t18-,23+,24-,25+/m0/s1. The van der Waals surface area contributed by atoms with Crippen LogP contribution < -0.4 is 10.2 Å². The molecular weight excluding hydrogens is 444 g/mol. The van der Waals surface area contributed by atoms with Crippen molar-refractivity contribution in [3.63, 3.8) is 0 Å². The molecule has 4 fully saturated rings. The van der Waals surface area contributed by atoms with Crippen LogP contribution in [0, 0.1) is 5.92 Å². The number of benzene rings is 1. The van der Waals surface area contributed by atoms with E-state index in [0.717, 1.165) is 44.3 Å². The Balaban J connectivity index is 1.21. The van der Waals surface area contributed by atoms with Crippen LogP contribution in [0.3, 0.4) is 0 Å². The molecule has 1 aromatic carbocycles. The molecule has 1 aromatic rings. The van der Waals surface area contributed by atoms with Crippen molar-refractivity contribution < 1.29 is 19.1 Å². The maximum atomic E-state index is 13.5. The van der Waals surface area contributed by atoms with Gasteiger partial charge < -0.3 is 19.9 Å². The third-order valence-electron chi connectivity index (χ3n) is 8.56. The van der Waals surface area contributed by atoms with E-state index >= 15 is 0 Å². The summed E-state index contributed by atoms with van der Waals surface area (Å²) in [6.45, 7) is 8.74. The van der Waals surface area contributed by atoms with Gasteiger partial charge in [-0.25, -0.2) is 0 Å². The number of nitrogens with zero attached hydrogens (tertiary/aromatic N) is 3. The number of fused-ring (bicyclic) bond motifs is 1. The molecule has 8 heteroatoms. The Morgan fingerprint density at radius 2 is 1.77 bits per heavy atom. The monoisotopic (exact) mass is 482 g/mol. The van der Waals surface area contributed by atoms with Crippen molar-refractivity contribution in [2.24, 2.45) is 5.92 Å². The topological polar surface area (TPSA) is 82.2 Å². The van der Waals surface area contributed by atoms with E-state index in [1.165, 1.54) is 19.3 Å². The number of Topliss-reactive ketones (excluding diaryl/α,β-unsaturated/α-hetero) is 1. The molecule has 8 nitrogen and oxygen atoms in total. The minimum atomic E-state index is -0.668. The van der Waals surface area contributed by atoms with Crippen molar-refractivity contribution in [1.29, 1.82) is 0 Å². The lowest BCUT2D eigenvalue weighted by atomic mass is 9.91. The number of ether oxygens (including phenoxy) is 1. The number of piperazine rings is 1. The van der Waals surface area contributed by atoms with Gasteiger partial charge in [0.05, 0.1) is 6.10 Å². The summed E-state index contributed by atoms with van der Waals surface area (Å²) in [5, 5.41) is 2.98. The molecule has 1 saturated carbocycles. The van der Waals surface area contributed by atoms with Crippen molar-refractivity contribution in [3.05, 3.63) is 29.8 Å². The quantitative estimate of drug-likeness (QED) is 0.641. The Morgan fingerprint density at radius 1 is 1.06 bits per heavy atom. The minimum Gasteiger partial charge on any atom is -0.369 e. The first-order valence-corrected chi connectivity index (χ1v) is 13.3. The predicted octanol–water partition coefficient (Wildman–Crippen LogP) is 2.07. The van der Waals surface area contributed by atoms with E-state index < -0.39 is 12.1 Å². The third-order valence-corrected chi connectivity index (χ3v) is 8.56. The summed E-state index contributed by atoms with van der Waals surface area (Å²) in [6, 6.07) is 7.33. The average Bonchev–Trinajstić information content (AvgIpc) is 3.44. The Hall–Kier alpha value is -2.45. The molecule has 0 aromatic heterocycles. The summed E-state index contributed by atoms with van der Waals surface area (Å²) in [6.07, 6.45) is 5.25. The van der Waals surface area contributed by atoms with Crippen LogP contribution in [-0.4, -0.2) is 91.0 Å². The van der Waals surface area contributed by atoms with Gasteiger partial charge >= 0.3 is 0 Å². The molecule has 35 heavy (non-hydrogen) atoms. The number of rotatable bonds is 7. The zero-order valence-electron chi connectivity index (χ0n) is 20.9. The second-order valence-corrected chi connectivity index (χ2v) is 10.6. The summed E-state index contributed by atoms with van der Waals surface area (Å²) in [7, 11) is 0. The smallest absolute Gasteiger partial charge is 0.251 e. The van der Waals surface area contributed by atoms with E-state index in [1.54, 1.807) is 4.90 Å². The highest BCUT2D eigenvalue weighted by Gasteiger charge is 2.48. The van der Waals surface area contributed by atoms with Crippen LogP contribution in [0.4, 0.5) is 5.69 Å². The molecule has 1 N–H and O–H groups in total. The fourth-order valence-electron chi connectivity index (χ4n) is 5.85. The maximum Gasteiger partial charge on any atom is 0.251 e. The first-order chi connectivity index (χ1) is 17.0. The first-order valence-electron chi connectivity index (χ1n) is 13.3. The SMILES string of the molecule is CC[C@H](C)[C@H](NC(=O)c1ccc(N2CCN(C3CCC3)CC2)cc1)C(=O)N1CC[C@H]2OCC(=O)[C@H]21. The summed E-state index contributed by atoms with van der Waals surface area (Å²) in [5.41, 5.74) is 1.68. The lowest BCUT2D eigenvalue weighted by Gasteiger charge is -2.43. The Bertz CT molecular complexity index is 939. The molecular formula is C27H38N4O4. The Kier molecular flexibility index (Phi) is 7.12. The highest BCUT2D eigenvalue weighted by Crippen LogP contribution is 2.29. The number of nitrogens with one attached hydrogen (secondary N) is 1. The molecule has 190 valence electrons. The van der Waals surface area contributed by atoms with Crippen molar-refractivity contribution in [1.82, 2.24) is 15.1 Å². The molecule has 3 heterocycles. The van der Waals surface area contributed by atoms with Crippen molar-refractivity contribution in [3.8, 4) is 0 Å². The van der Waals surface area contributed by atoms with Gasteiger partial charge in [0.15, 0.2) is 5.78 Å². The van der Waals surface area contributed by atoms with E-state index in [9.17, 15) is 14.4 Å². The highest BCUT2D eigenvalue weighted by atomic mass is 16.5. The lowest BCUT2D eigenvalue weighted by molar-refractivity contribution is -0.139. The second-order valence-electron chi connectivity index (χ2n) is 10.6. The fourth-order valence-corrected chi connectivity index (χ4v) is 5.85. The van der Waals surface area contributed by atoms with Crippen LogP contribution in [0.15, 0.2) is 24.3 Å². The molecule has 0 unspecified atom stereocenters. The van der Waals surface area contributed by atoms with Crippen LogP contribution in [0.5, 0.6) is 0 Å². The van der Waals surface area contributed by atoms with E-state index in [0.29, 0.717) is 18.5 Å². The zero-order valence-corrected chi connectivity index (χ0v) is 20.9. The van der Waals surface area contributed by atoms with Gasteiger partial charge in [0.1, 0.15) is 18.7 Å². The van der Waals surface area contributed by atoms with Gasteiger partial charge in [0.25, 0.3) is 5.91 Å². The summed E-state index contributed by atoms with van der Waals surface area (Å²) in [5.74, 6) is -0.525. The summed E-state index contributed by atoms with van der Waals surface area (Å²) < 4.78 is 5.54. The van der Waals surface area contributed by atoms with Gasteiger partial charge in [0.2, 0.25) is 5.91 Å². The molecule has 0 bridgehead atoms. The summed E-state index contributed by atoms with van der Waals surface area (Å²) >= 11 is 0. The van der Waals surface area contributed by atoms with Crippen LogP contribution >= 0.6 is 0 Å². The Labute approximate surface area is 207 Å². The molecule has 3 saturated heterocycles. The number of hydrogen-bond acceptors (Lipinski definition) is 6. The number of likely N-dealkylation sites (tertiary alicyclic amines) is 1. The van der Waals surface area contributed by atoms with E-state index in [2.05, 4.69) is 15.1 Å². The second kappa shape index (κ2) is 10.3. The van der Waals surface area contributed by atoms with Gasteiger partial charge in [-0.3, -0.25) is 19.3 Å². The number of anilines is 1. The van der Waals surface area contributed by atoms with Gasteiger partial charge in [-0.15, -0.1) is 0 Å². The molecule has 0 spiro atoms. The van der Waals surface area contributed by atoms with E-state index in [-0.39, 0.29) is 36.2 Å². The van der Waals surface area contributed by atoms with Crippen LogP contribution in [-0.2, 0) is 14.3 Å². The largest absolute Gasteiger partial charge is 0.369 e. The average molecular weight is 483 g/mol. The minimum absolute atomic E-state index is 0.0424. The van der Waals surface area contributed by atoms with Crippen LogP contribution in [0.2, 0.25) is 0 Å². The molecule has 4 atom stereocenters. The Morgan fingerprint density at radius 3 is 2.40 bits per heavy atom. The number of ketones is 1. The van der Waals surface area contributed by atoms with Gasteiger partial charge in [-0.1, -0.05) is 26.7 Å². The first kappa shape index (κ1) is 24.3. The van der Waals surface area contributed by atoms with Crippen molar-refractivity contribution in [2.75, 3.05) is 44.2 Å². The molecule has 5 rings (SSSR count). The van der Waals surface area contributed by atoms with E-state index in [4.69, 9.17) is 4.74 Å². The molecule has 1 aliphatic carbocycles. The summed E-state index contributed by atoms with van der Waals surface area (Å²) in [4.78, 5) is 45.5. The predicted molar refractivity (Wildman–Crippen MR) is 133 cm³/mol. The maximum absolute atomic E-state index is 13.5.